The Labute approximate surface area is 122 Å². The molecule has 1 heterocycles. The quantitative estimate of drug-likeness (QED) is 0.750. The van der Waals surface area contributed by atoms with Crippen molar-refractivity contribution in [2.75, 3.05) is 0 Å². The highest BCUT2D eigenvalue weighted by molar-refractivity contribution is 6.85. The van der Waals surface area contributed by atoms with Crippen molar-refractivity contribution < 1.29 is 4.43 Å². The first-order valence-corrected chi connectivity index (χ1v) is 10.1. The van der Waals surface area contributed by atoms with Crippen molar-refractivity contribution in [1.82, 2.24) is 0 Å². The topological polar surface area (TPSA) is 9.23 Å². The monoisotopic (exact) mass is 282 g/mol. The van der Waals surface area contributed by atoms with Crippen molar-refractivity contribution >= 4 is 13.5 Å². The predicted molar refractivity (Wildman–Crippen MR) is 86.6 cm³/mol. The standard InChI is InChI=1S/C18H22OSi/c1-18(16-10-5-3-6-11-16)14-9-15-20(2,19-18)17-12-7-4-8-13-17/h3-8,10-13H,9,14-15H2,1-2H3. The molecule has 2 aromatic rings. The van der Waals surface area contributed by atoms with E-state index in [4.69, 9.17) is 4.43 Å². The van der Waals surface area contributed by atoms with E-state index in [1.807, 2.05) is 0 Å². The Morgan fingerprint density at radius 1 is 0.950 bits per heavy atom. The third-order valence-corrected chi connectivity index (χ3v) is 8.29. The van der Waals surface area contributed by atoms with Crippen molar-refractivity contribution in [3.05, 3.63) is 66.2 Å². The molecule has 0 N–H and O–H groups in total. The van der Waals surface area contributed by atoms with Gasteiger partial charge in [-0.05, 0) is 36.7 Å². The van der Waals surface area contributed by atoms with Gasteiger partial charge in [-0.3, -0.25) is 0 Å². The maximum Gasteiger partial charge on any atom is 0.222 e. The Balaban J connectivity index is 1.94. The molecule has 0 radical (unpaired) electrons. The molecule has 2 unspecified atom stereocenters. The first-order chi connectivity index (χ1) is 9.62. The lowest BCUT2D eigenvalue weighted by atomic mass is 9.91. The zero-order valence-corrected chi connectivity index (χ0v) is 13.3. The van der Waals surface area contributed by atoms with Crippen LogP contribution < -0.4 is 5.19 Å². The molecule has 1 aliphatic rings. The average molecular weight is 282 g/mol. The molecule has 1 nitrogen and oxygen atoms in total. The van der Waals surface area contributed by atoms with Gasteiger partial charge in [0.25, 0.3) is 0 Å². The molecule has 1 saturated heterocycles. The van der Waals surface area contributed by atoms with Crippen LogP contribution in [-0.2, 0) is 10.0 Å². The van der Waals surface area contributed by atoms with Crippen LogP contribution in [0.25, 0.3) is 0 Å². The summed E-state index contributed by atoms with van der Waals surface area (Å²) in [5, 5.41) is 1.42. The maximum atomic E-state index is 6.77. The normalized spacial score (nSPS) is 30.1. The molecule has 20 heavy (non-hydrogen) atoms. The molecule has 0 aromatic heterocycles. The first kappa shape index (κ1) is 13.6. The fraction of sp³-hybridized carbons (Fsp3) is 0.333. The van der Waals surface area contributed by atoms with Gasteiger partial charge in [-0.1, -0.05) is 67.1 Å². The minimum Gasteiger partial charge on any atom is -0.403 e. The second-order valence-corrected chi connectivity index (χ2v) is 9.89. The van der Waals surface area contributed by atoms with Gasteiger partial charge in [0.1, 0.15) is 0 Å². The predicted octanol–water partition coefficient (Wildman–Crippen LogP) is 4.19. The van der Waals surface area contributed by atoms with E-state index in [9.17, 15) is 0 Å². The van der Waals surface area contributed by atoms with E-state index in [0.29, 0.717) is 0 Å². The molecule has 0 amide bonds. The van der Waals surface area contributed by atoms with Crippen LogP contribution >= 0.6 is 0 Å². The molecule has 0 saturated carbocycles. The van der Waals surface area contributed by atoms with Crippen molar-refractivity contribution in [3.8, 4) is 0 Å². The van der Waals surface area contributed by atoms with E-state index in [1.54, 1.807) is 0 Å². The van der Waals surface area contributed by atoms with Crippen LogP contribution in [0.5, 0.6) is 0 Å². The van der Waals surface area contributed by atoms with Gasteiger partial charge in [0, 0.05) is 0 Å². The molecule has 2 heteroatoms. The van der Waals surface area contributed by atoms with E-state index < -0.39 is 8.32 Å². The van der Waals surface area contributed by atoms with E-state index >= 15 is 0 Å². The van der Waals surface area contributed by atoms with Gasteiger partial charge in [-0.25, -0.2) is 0 Å². The Morgan fingerprint density at radius 3 is 2.20 bits per heavy atom. The van der Waals surface area contributed by atoms with E-state index in [2.05, 4.69) is 74.1 Å². The first-order valence-electron chi connectivity index (χ1n) is 7.44. The summed E-state index contributed by atoms with van der Waals surface area (Å²) in [4.78, 5) is 0. The number of hydrogen-bond donors (Lipinski definition) is 0. The molecule has 0 spiro atoms. The van der Waals surface area contributed by atoms with Crippen LogP contribution in [0, 0.1) is 0 Å². The van der Waals surface area contributed by atoms with Crippen molar-refractivity contribution in [1.29, 1.82) is 0 Å². The van der Waals surface area contributed by atoms with Gasteiger partial charge in [-0.15, -0.1) is 0 Å². The molecule has 2 aromatic carbocycles. The third-order valence-electron chi connectivity index (χ3n) is 4.53. The summed E-state index contributed by atoms with van der Waals surface area (Å²) >= 11 is 0. The highest BCUT2D eigenvalue weighted by atomic mass is 28.4. The molecular weight excluding hydrogens is 260 g/mol. The summed E-state index contributed by atoms with van der Waals surface area (Å²) in [5.41, 5.74) is 1.19. The Kier molecular flexibility index (Phi) is 3.53. The van der Waals surface area contributed by atoms with Crippen LogP contribution in [0.2, 0.25) is 12.6 Å². The molecule has 2 atom stereocenters. The molecule has 1 aliphatic heterocycles. The second kappa shape index (κ2) is 5.19. The average Bonchev–Trinajstić information content (AvgIpc) is 2.49. The van der Waals surface area contributed by atoms with Gasteiger partial charge < -0.3 is 4.43 Å². The summed E-state index contributed by atoms with van der Waals surface area (Å²) in [6, 6.07) is 22.7. The van der Waals surface area contributed by atoms with Crippen LogP contribution in [0.15, 0.2) is 60.7 Å². The van der Waals surface area contributed by atoms with Gasteiger partial charge in [0.15, 0.2) is 0 Å². The van der Waals surface area contributed by atoms with Gasteiger partial charge >= 0.3 is 0 Å². The Bertz CT molecular complexity index is 517. The van der Waals surface area contributed by atoms with Crippen molar-refractivity contribution in [3.63, 3.8) is 0 Å². The van der Waals surface area contributed by atoms with Crippen LogP contribution in [0.3, 0.4) is 0 Å². The summed E-state index contributed by atoms with van der Waals surface area (Å²) in [6.45, 7) is 4.62. The Hall–Kier alpha value is -1.38. The highest BCUT2D eigenvalue weighted by Crippen LogP contribution is 2.40. The highest BCUT2D eigenvalue weighted by Gasteiger charge is 2.43. The van der Waals surface area contributed by atoms with Crippen molar-refractivity contribution in [2.24, 2.45) is 0 Å². The smallest absolute Gasteiger partial charge is 0.222 e. The van der Waals surface area contributed by atoms with Crippen LogP contribution in [0.4, 0.5) is 0 Å². The maximum absolute atomic E-state index is 6.77. The molecule has 104 valence electrons. The SMILES string of the molecule is CC1(c2ccccc2)CCC[Si](C)(c2ccccc2)O1. The largest absolute Gasteiger partial charge is 0.403 e. The molecule has 3 rings (SSSR count). The van der Waals surface area contributed by atoms with E-state index in [1.165, 1.54) is 23.2 Å². The lowest BCUT2D eigenvalue weighted by molar-refractivity contribution is 0.0525. The molecule has 0 aliphatic carbocycles. The number of hydrogen-bond acceptors (Lipinski definition) is 1. The second-order valence-electron chi connectivity index (χ2n) is 6.15. The van der Waals surface area contributed by atoms with Crippen LogP contribution in [0.1, 0.15) is 25.3 Å². The summed E-state index contributed by atoms with van der Waals surface area (Å²) in [5.74, 6) is 0. The van der Waals surface area contributed by atoms with E-state index in [0.717, 1.165) is 6.42 Å². The van der Waals surface area contributed by atoms with Crippen molar-refractivity contribution in [2.45, 2.75) is 38.0 Å². The fourth-order valence-electron chi connectivity index (χ4n) is 3.35. The molecule has 1 fully saturated rings. The number of rotatable bonds is 2. The number of benzene rings is 2. The minimum absolute atomic E-state index is 0.129. The minimum atomic E-state index is -1.83. The van der Waals surface area contributed by atoms with E-state index in [-0.39, 0.29) is 5.60 Å². The zero-order valence-electron chi connectivity index (χ0n) is 12.3. The lowest BCUT2D eigenvalue weighted by Gasteiger charge is -2.44. The summed E-state index contributed by atoms with van der Waals surface area (Å²) in [6.07, 6.45) is 2.37. The zero-order chi connectivity index (χ0) is 14.1. The van der Waals surface area contributed by atoms with Gasteiger partial charge in [0.05, 0.1) is 5.60 Å². The summed E-state index contributed by atoms with van der Waals surface area (Å²) < 4.78 is 6.77. The lowest BCUT2D eigenvalue weighted by Crippen LogP contribution is -2.55. The van der Waals surface area contributed by atoms with Crippen LogP contribution in [-0.4, -0.2) is 8.32 Å². The fourth-order valence-corrected chi connectivity index (χ4v) is 6.82. The van der Waals surface area contributed by atoms with Gasteiger partial charge in [0.2, 0.25) is 8.32 Å². The molecular formula is C18H22OSi. The Morgan fingerprint density at radius 2 is 1.55 bits per heavy atom. The third kappa shape index (κ3) is 2.46. The molecule has 0 bridgehead atoms. The summed E-state index contributed by atoms with van der Waals surface area (Å²) in [7, 11) is -1.83. The van der Waals surface area contributed by atoms with Gasteiger partial charge in [-0.2, -0.15) is 0 Å².